The Balaban J connectivity index is 2.24. The van der Waals surface area contributed by atoms with Gasteiger partial charge in [0.05, 0.1) is 27.2 Å². The van der Waals surface area contributed by atoms with Gasteiger partial charge in [0.2, 0.25) is 5.91 Å². The fourth-order valence-corrected chi connectivity index (χ4v) is 2.88. The molecule has 0 aliphatic rings. The molecule has 0 aromatic heterocycles. The Morgan fingerprint density at radius 1 is 1.03 bits per heavy atom. The van der Waals surface area contributed by atoms with Crippen molar-refractivity contribution >= 4 is 18.0 Å². The molecule has 1 atom stereocenters. The smallest absolute Gasteiger partial charge is 0.310 e. The summed E-state index contributed by atoms with van der Waals surface area (Å²) in [5, 5.41) is 0. The van der Waals surface area contributed by atoms with E-state index in [1.807, 2.05) is 30.3 Å². The molecule has 2 aromatic rings. The highest BCUT2D eigenvalue weighted by Gasteiger charge is 2.20. The van der Waals surface area contributed by atoms with Crippen molar-refractivity contribution in [2.24, 2.45) is 5.92 Å². The van der Waals surface area contributed by atoms with Crippen molar-refractivity contribution in [1.29, 1.82) is 0 Å². The summed E-state index contributed by atoms with van der Waals surface area (Å²) in [6.07, 6.45) is 3.16. The van der Waals surface area contributed by atoms with Crippen LogP contribution >= 0.6 is 0 Å². The summed E-state index contributed by atoms with van der Waals surface area (Å²) in [6.45, 7) is 2.38. The Hall–Kier alpha value is -3.28. The number of carbonyl (C=O) groups is 2. The van der Waals surface area contributed by atoms with Gasteiger partial charge in [-0.15, -0.1) is 0 Å². The van der Waals surface area contributed by atoms with Gasteiger partial charge in [-0.05, 0) is 29.8 Å². The highest BCUT2D eigenvalue weighted by molar-refractivity contribution is 5.92. The van der Waals surface area contributed by atoms with E-state index in [1.165, 1.54) is 13.2 Å². The van der Waals surface area contributed by atoms with Crippen molar-refractivity contribution in [1.82, 2.24) is 4.90 Å². The maximum Gasteiger partial charge on any atom is 0.310 e. The lowest BCUT2D eigenvalue weighted by Gasteiger charge is -2.24. The van der Waals surface area contributed by atoms with E-state index >= 15 is 0 Å². The second kappa shape index (κ2) is 10.9. The molecule has 0 saturated carbocycles. The highest BCUT2D eigenvalue weighted by atomic mass is 16.5. The first-order valence-corrected chi connectivity index (χ1v) is 9.29. The number of ether oxygens (including phenoxy) is 3. The molecule has 2 aromatic carbocycles. The molecule has 2 rings (SSSR count). The maximum atomic E-state index is 12.9. The molecule has 0 aliphatic heterocycles. The zero-order chi connectivity index (χ0) is 21.2. The van der Waals surface area contributed by atoms with E-state index in [4.69, 9.17) is 14.2 Å². The van der Waals surface area contributed by atoms with E-state index in [0.717, 1.165) is 11.1 Å². The molecule has 154 valence electrons. The number of hydrogen-bond donors (Lipinski definition) is 0. The molecule has 1 amide bonds. The van der Waals surface area contributed by atoms with Gasteiger partial charge < -0.3 is 19.1 Å². The number of nitrogens with zero attached hydrogens (tertiary/aromatic N) is 1. The van der Waals surface area contributed by atoms with Gasteiger partial charge in [0.1, 0.15) is 11.5 Å². The number of rotatable bonds is 9. The summed E-state index contributed by atoms with van der Waals surface area (Å²) in [4.78, 5) is 26.4. The lowest BCUT2D eigenvalue weighted by atomic mass is 10.1. The van der Waals surface area contributed by atoms with Crippen LogP contribution in [0.15, 0.2) is 54.6 Å². The van der Waals surface area contributed by atoms with Gasteiger partial charge in [0.15, 0.2) is 0 Å². The quantitative estimate of drug-likeness (QED) is 0.478. The van der Waals surface area contributed by atoms with Crippen LogP contribution in [0.4, 0.5) is 0 Å². The van der Waals surface area contributed by atoms with E-state index < -0.39 is 5.92 Å². The molecule has 0 saturated heterocycles. The molecule has 1 unspecified atom stereocenters. The Labute approximate surface area is 171 Å². The molecule has 0 bridgehead atoms. The molecular formula is C23H27NO5. The maximum absolute atomic E-state index is 12.9. The molecule has 0 heterocycles. The van der Waals surface area contributed by atoms with E-state index in [1.54, 1.807) is 50.3 Å². The minimum Gasteiger partial charge on any atom is -0.497 e. The van der Waals surface area contributed by atoms with Crippen molar-refractivity contribution in [3.63, 3.8) is 0 Å². The SMILES string of the molecule is COC(=O)C(C)CN(Cc1ccccc1)C(=O)/C=C/c1cc(OC)ccc1OC. The topological polar surface area (TPSA) is 65.1 Å². The van der Waals surface area contributed by atoms with Gasteiger partial charge in [-0.25, -0.2) is 0 Å². The van der Waals surface area contributed by atoms with Gasteiger partial charge in [-0.2, -0.15) is 0 Å². The third kappa shape index (κ3) is 6.38. The summed E-state index contributed by atoms with van der Waals surface area (Å²) < 4.78 is 15.4. The van der Waals surface area contributed by atoms with Gasteiger partial charge >= 0.3 is 5.97 Å². The van der Waals surface area contributed by atoms with Crippen LogP contribution in [0.2, 0.25) is 0 Å². The Kier molecular flexibility index (Phi) is 8.27. The number of benzene rings is 2. The van der Waals surface area contributed by atoms with Crippen LogP contribution in [0.1, 0.15) is 18.1 Å². The Bertz CT molecular complexity index is 848. The summed E-state index contributed by atoms with van der Waals surface area (Å²) in [7, 11) is 4.49. The minimum absolute atomic E-state index is 0.213. The van der Waals surface area contributed by atoms with Crippen molar-refractivity contribution in [2.75, 3.05) is 27.9 Å². The largest absolute Gasteiger partial charge is 0.497 e. The van der Waals surface area contributed by atoms with Crippen LogP contribution in [0.25, 0.3) is 6.08 Å². The molecule has 6 nitrogen and oxygen atoms in total. The van der Waals surface area contributed by atoms with E-state index in [-0.39, 0.29) is 18.4 Å². The second-order valence-corrected chi connectivity index (χ2v) is 6.57. The highest BCUT2D eigenvalue weighted by Crippen LogP contribution is 2.25. The van der Waals surface area contributed by atoms with Crippen molar-refractivity contribution in [2.45, 2.75) is 13.5 Å². The van der Waals surface area contributed by atoms with Crippen LogP contribution < -0.4 is 9.47 Å². The zero-order valence-electron chi connectivity index (χ0n) is 17.3. The summed E-state index contributed by atoms with van der Waals surface area (Å²) in [6, 6.07) is 15.0. The predicted molar refractivity (Wildman–Crippen MR) is 112 cm³/mol. The van der Waals surface area contributed by atoms with Crippen molar-refractivity contribution in [3.8, 4) is 11.5 Å². The molecule has 0 aliphatic carbocycles. The fraction of sp³-hybridized carbons (Fsp3) is 0.304. The van der Waals surface area contributed by atoms with Gasteiger partial charge in [0.25, 0.3) is 0 Å². The minimum atomic E-state index is -0.438. The number of methoxy groups -OCH3 is 3. The molecule has 0 N–H and O–H groups in total. The fourth-order valence-electron chi connectivity index (χ4n) is 2.88. The molecule has 0 fully saturated rings. The first-order chi connectivity index (χ1) is 14.0. The molecule has 0 spiro atoms. The third-order valence-corrected chi connectivity index (χ3v) is 4.47. The van der Waals surface area contributed by atoms with Crippen LogP contribution in [-0.2, 0) is 20.9 Å². The average molecular weight is 397 g/mol. The van der Waals surface area contributed by atoms with Crippen molar-refractivity contribution in [3.05, 3.63) is 65.7 Å². The number of hydrogen-bond acceptors (Lipinski definition) is 5. The van der Waals surface area contributed by atoms with E-state index in [2.05, 4.69) is 0 Å². The monoisotopic (exact) mass is 397 g/mol. The third-order valence-electron chi connectivity index (χ3n) is 4.47. The first-order valence-electron chi connectivity index (χ1n) is 9.29. The number of carbonyl (C=O) groups excluding carboxylic acids is 2. The molecular weight excluding hydrogens is 370 g/mol. The van der Waals surface area contributed by atoms with Gasteiger partial charge in [-0.1, -0.05) is 37.3 Å². The summed E-state index contributed by atoms with van der Waals surface area (Å²) in [5.41, 5.74) is 1.70. The average Bonchev–Trinajstić information content (AvgIpc) is 2.76. The Morgan fingerprint density at radius 2 is 1.76 bits per heavy atom. The molecule has 6 heteroatoms. The Morgan fingerprint density at radius 3 is 2.38 bits per heavy atom. The van der Waals surface area contributed by atoms with E-state index in [9.17, 15) is 9.59 Å². The predicted octanol–water partition coefficient (Wildman–Crippen LogP) is 3.55. The summed E-state index contributed by atoms with van der Waals surface area (Å²) >= 11 is 0. The standard InChI is InChI=1S/C23H27NO5/c1-17(23(26)29-4)15-24(16-18-8-6-5-7-9-18)22(25)13-10-19-14-20(27-2)11-12-21(19)28-3/h5-14,17H,15-16H2,1-4H3/b13-10+. The van der Waals surface area contributed by atoms with Crippen LogP contribution in [-0.4, -0.2) is 44.7 Å². The number of esters is 1. The van der Waals surface area contributed by atoms with E-state index in [0.29, 0.717) is 18.0 Å². The zero-order valence-corrected chi connectivity index (χ0v) is 17.3. The molecule has 0 radical (unpaired) electrons. The van der Waals surface area contributed by atoms with Crippen molar-refractivity contribution < 1.29 is 23.8 Å². The lowest BCUT2D eigenvalue weighted by Crippen LogP contribution is -2.35. The normalized spacial score (nSPS) is 11.7. The van der Waals surface area contributed by atoms with Crippen LogP contribution in [0, 0.1) is 5.92 Å². The lowest BCUT2D eigenvalue weighted by molar-refractivity contribution is -0.146. The summed E-state index contributed by atoms with van der Waals surface area (Å²) in [5.74, 6) is 0.293. The van der Waals surface area contributed by atoms with Gasteiger partial charge in [-0.3, -0.25) is 9.59 Å². The first kappa shape index (κ1) is 22.0. The van der Waals surface area contributed by atoms with Gasteiger partial charge in [0, 0.05) is 24.7 Å². The van der Waals surface area contributed by atoms with Crippen LogP contribution in [0.5, 0.6) is 11.5 Å². The second-order valence-electron chi connectivity index (χ2n) is 6.57. The molecule has 29 heavy (non-hydrogen) atoms. The number of amides is 1. The van der Waals surface area contributed by atoms with Crippen LogP contribution in [0.3, 0.4) is 0 Å².